The van der Waals surface area contributed by atoms with Gasteiger partial charge in [-0.3, -0.25) is 14.4 Å². The van der Waals surface area contributed by atoms with Crippen LogP contribution in [0.4, 0.5) is 17.1 Å². The minimum Gasteiger partial charge on any atom is -0.462 e. The van der Waals surface area contributed by atoms with Crippen molar-refractivity contribution in [2.75, 3.05) is 22.1 Å². The van der Waals surface area contributed by atoms with E-state index >= 15 is 0 Å². The van der Waals surface area contributed by atoms with Crippen LogP contribution in [0.1, 0.15) is 51.6 Å². The maximum atomic E-state index is 13.2. The summed E-state index contributed by atoms with van der Waals surface area (Å²) < 4.78 is 5.20. The van der Waals surface area contributed by atoms with Crippen molar-refractivity contribution >= 4 is 52.4 Å². The topological polar surface area (TPSA) is 105 Å². The average molecular weight is 546 g/mol. The van der Waals surface area contributed by atoms with Gasteiger partial charge in [-0.05, 0) is 79.9 Å². The van der Waals surface area contributed by atoms with Gasteiger partial charge in [-0.1, -0.05) is 43.1 Å². The Bertz CT molecular complexity index is 1480. The highest BCUT2D eigenvalue weighted by atomic mass is 35.5. The molecule has 0 radical (unpaired) electrons. The van der Waals surface area contributed by atoms with E-state index in [9.17, 15) is 19.2 Å². The van der Waals surface area contributed by atoms with Crippen LogP contribution in [0.25, 0.3) is 0 Å². The monoisotopic (exact) mass is 545 g/mol. The third kappa shape index (κ3) is 6.02. The minimum absolute atomic E-state index is 0.0680. The molecule has 3 amide bonds. The standard InChI is InChI=1S/C30H28ClN3O5/c1-4-5-16-39-30(38)20-12-14-22(15-13-20)33-27(35)21-9-7-10-23(17-21)32-26-25(31)28(36)34(29(26)37)24-11-6-8-18(2)19(24)3/h6-15,17,32H,4-5,16H2,1-3H3,(H,33,35). The Kier molecular flexibility index (Phi) is 8.46. The zero-order valence-electron chi connectivity index (χ0n) is 21.8. The molecule has 0 saturated carbocycles. The fourth-order valence-corrected chi connectivity index (χ4v) is 4.19. The number of ether oxygens (including phenoxy) is 1. The number of carbonyl (C=O) groups excluding carboxylic acids is 4. The molecular formula is C30H28ClN3O5. The molecule has 39 heavy (non-hydrogen) atoms. The maximum Gasteiger partial charge on any atom is 0.338 e. The molecule has 0 fully saturated rings. The largest absolute Gasteiger partial charge is 0.462 e. The number of hydrogen-bond acceptors (Lipinski definition) is 6. The number of aryl methyl sites for hydroxylation is 1. The highest BCUT2D eigenvalue weighted by molar-refractivity contribution is 6.53. The lowest BCUT2D eigenvalue weighted by molar-refractivity contribution is -0.120. The number of amides is 3. The van der Waals surface area contributed by atoms with E-state index in [0.29, 0.717) is 34.8 Å². The molecule has 8 nitrogen and oxygen atoms in total. The lowest BCUT2D eigenvalue weighted by Gasteiger charge is -2.18. The summed E-state index contributed by atoms with van der Waals surface area (Å²) in [6.45, 7) is 6.11. The van der Waals surface area contributed by atoms with Gasteiger partial charge in [0.15, 0.2) is 0 Å². The smallest absolute Gasteiger partial charge is 0.338 e. The minimum atomic E-state index is -0.621. The molecule has 1 aliphatic heterocycles. The highest BCUT2D eigenvalue weighted by Crippen LogP contribution is 2.33. The normalized spacial score (nSPS) is 13.1. The summed E-state index contributed by atoms with van der Waals surface area (Å²) in [5.41, 5.74) is 3.74. The predicted octanol–water partition coefficient (Wildman–Crippen LogP) is 5.95. The highest BCUT2D eigenvalue weighted by Gasteiger charge is 2.39. The Hall–Kier alpha value is -4.43. The molecule has 3 aromatic rings. The third-order valence-corrected chi connectivity index (χ3v) is 6.70. The van der Waals surface area contributed by atoms with Gasteiger partial charge in [0.2, 0.25) is 0 Å². The molecule has 0 aliphatic carbocycles. The Morgan fingerprint density at radius 1 is 0.897 bits per heavy atom. The first-order chi connectivity index (χ1) is 18.7. The van der Waals surface area contributed by atoms with Crippen LogP contribution in [0.5, 0.6) is 0 Å². The molecule has 3 aromatic carbocycles. The summed E-state index contributed by atoms with van der Waals surface area (Å²) in [4.78, 5) is 52.1. The third-order valence-electron chi connectivity index (χ3n) is 6.35. The Balaban J connectivity index is 1.45. The number of benzene rings is 3. The van der Waals surface area contributed by atoms with E-state index in [0.717, 1.165) is 28.9 Å². The van der Waals surface area contributed by atoms with Gasteiger partial charge >= 0.3 is 5.97 Å². The second-order valence-electron chi connectivity index (χ2n) is 9.08. The van der Waals surface area contributed by atoms with E-state index in [1.165, 1.54) is 0 Å². The van der Waals surface area contributed by atoms with Gasteiger partial charge in [0.1, 0.15) is 10.7 Å². The van der Waals surface area contributed by atoms with Gasteiger partial charge in [0, 0.05) is 16.9 Å². The van der Waals surface area contributed by atoms with Crippen LogP contribution in [0.15, 0.2) is 77.5 Å². The second kappa shape index (κ2) is 12.0. The molecule has 4 rings (SSSR count). The molecule has 1 heterocycles. The number of hydrogen-bond donors (Lipinski definition) is 2. The van der Waals surface area contributed by atoms with Crippen molar-refractivity contribution in [2.24, 2.45) is 0 Å². The number of carbonyl (C=O) groups is 4. The molecule has 0 unspecified atom stereocenters. The number of nitrogens with zero attached hydrogens (tertiary/aromatic N) is 1. The Morgan fingerprint density at radius 2 is 1.62 bits per heavy atom. The lowest BCUT2D eigenvalue weighted by Crippen LogP contribution is -2.33. The van der Waals surface area contributed by atoms with Crippen molar-refractivity contribution in [1.29, 1.82) is 0 Å². The molecule has 0 atom stereocenters. The lowest BCUT2D eigenvalue weighted by atomic mass is 10.1. The van der Waals surface area contributed by atoms with Gasteiger partial charge in [0.05, 0.1) is 17.9 Å². The van der Waals surface area contributed by atoms with Gasteiger partial charge < -0.3 is 15.4 Å². The zero-order valence-corrected chi connectivity index (χ0v) is 22.6. The van der Waals surface area contributed by atoms with Gasteiger partial charge in [0.25, 0.3) is 17.7 Å². The maximum absolute atomic E-state index is 13.2. The molecule has 1 aliphatic rings. The molecule has 0 saturated heterocycles. The molecule has 0 aromatic heterocycles. The van der Waals surface area contributed by atoms with Crippen LogP contribution in [0.2, 0.25) is 0 Å². The van der Waals surface area contributed by atoms with Gasteiger partial charge in [-0.15, -0.1) is 0 Å². The number of unbranched alkanes of at least 4 members (excludes halogenated alkanes) is 1. The van der Waals surface area contributed by atoms with Crippen LogP contribution < -0.4 is 15.5 Å². The Labute approximate surface area is 231 Å². The van der Waals surface area contributed by atoms with Crippen LogP contribution in [0, 0.1) is 13.8 Å². The van der Waals surface area contributed by atoms with Crippen molar-refractivity contribution in [3.63, 3.8) is 0 Å². The number of esters is 1. The van der Waals surface area contributed by atoms with Crippen molar-refractivity contribution in [2.45, 2.75) is 33.6 Å². The average Bonchev–Trinajstić information content (AvgIpc) is 3.13. The fraction of sp³-hybridized carbons (Fsp3) is 0.200. The molecule has 200 valence electrons. The van der Waals surface area contributed by atoms with E-state index in [-0.39, 0.29) is 10.7 Å². The number of nitrogens with one attached hydrogen (secondary N) is 2. The van der Waals surface area contributed by atoms with E-state index in [4.69, 9.17) is 16.3 Å². The van der Waals surface area contributed by atoms with Crippen molar-refractivity contribution in [1.82, 2.24) is 0 Å². The van der Waals surface area contributed by atoms with E-state index < -0.39 is 23.7 Å². The second-order valence-corrected chi connectivity index (χ2v) is 9.46. The summed E-state index contributed by atoms with van der Waals surface area (Å²) in [5.74, 6) is -2.02. The van der Waals surface area contributed by atoms with Crippen molar-refractivity contribution in [3.8, 4) is 0 Å². The predicted molar refractivity (Wildman–Crippen MR) is 151 cm³/mol. The number of halogens is 1. The molecule has 9 heteroatoms. The summed E-state index contributed by atoms with van der Waals surface area (Å²) in [7, 11) is 0. The van der Waals surface area contributed by atoms with Crippen molar-refractivity contribution < 1.29 is 23.9 Å². The molecule has 0 spiro atoms. The van der Waals surface area contributed by atoms with Gasteiger partial charge in [-0.2, -0.15) is 0 Å². The van der Waals surface area contributed by atoms with Gasteiger partial charge in [-0.25, -0.2) is 9.69 Å². The molecule has 0 bridgehead atoms. The number of rotatable bonds is 9. The summed E-state index contributed by atoms with van der Waals surface area (Å²) in [6, 6.07) is 18.2. The van der Waals surface area contributed by atoms with Crippen LogP contribution in [-0.4, -0.2) is 30.3 Å². The first kappa shape index (κ1) is 27.6. The summed E-state index contributed by atoms with van der Waals surface area (Å²) >= 11 is 6.28. The van der Waals surface area contributed by atoms with E-state index in [1.807, 2.05) is 26.8 Å². The number of imide groups is 1. The SMILES string of the molecule is CCCCOC(=O)c1ccc(NC(=O)c2cccc(NC3=C(Cl)C(=O)N(c4cccc(C)c4C)C3=O)c2)cc1. The van der Waals surface area contributed by atoms with Crippen LogP contribution in [-0.2, 0) is 14.3 Å². The summed E-state index contributed by atoms with van der Waals surface area (Å²) in [6.07, 6.45) is 1.73. The first-order valence-electron chi connectivity index (χ1n) is 12.5. The molecule has 2 N–H and O–H groups in total. The quantitative estimate of drug-likeness (QED) is 0.196. The summed E-state index contributed by atoms with van der Waals surface area (Å²) in [5, 5.41) is 5.45. The zero-order chi connectivity index (χ0) is 28.1. The van der Waals surface area contributed by atoms with E-state index in [2.05, 4.69) is 10.6 Å². The Morgan fingerprint density at radius 3 is 2.33 bits per heavy atom. The van der Waals surface area contributed by atoms with Crippen LogP contribution in [0.3, 0.4) is 0 Å². The van der Waals surface area contributed by atoms with Crippen molar-refractivity contribution in [3.05, 3.63) is 99.7 Å². The first-order valence-corrected chi connectivity index (χ1v) is 12.9. The fourth-order valence-electron chi connectivity index (χ4n) is 3.98. The van der Waals surface area contributed by atoms with E-state index in [1.54, 1.807) is 60.7 Å². The van der Waals surface area contributed by atoms with Crippen LogP contribution >= 0.6 is 11.6 Å². The number of anilines is 3. The molecular weight excluding hydrogens is 518 g/mol.